The van der Waals surface area contributed by atoms with Crippen LogP contribution in [0, 0.1) is 13.8 Å². The third kappa shape index (κ3) is 7.33. The topological polar surface area (TPSA) is 109 Å². The Hall–Kier alpha value is -5.10. The van der Waals surface area contributed by atoms with Gasteiger partial charge in [0.05, 0.1) is 23.0 Å². The highest BCUT2D eigenvalue weighted by atomic mass is 19.4. The van der Waals surface area contributed by atoms with Crippen LogP contribution < -0.4 is 10.6 Å². The van der Waals surface area contributed by atoms with E-state index in [2.05, 4.69) is 35.6 Å². The number of amides is 1. The first-order valence-corrected chi connectivity index (χ1v) is 15.3. The molecular formula is C35H34F3N7O2. The van der Waals surface area contributed by atoms with Gasteiger partial charge >= 0.3 is 6.18 Å². The van der Waals surface area contributed by atoms with Crippen molar-refractivity contribution in [3.63, 3.8) is 0 Å². The summed E-state index contributed by atoms with van der Waals surface area (Å²) in [6, 6.07) is 12.8. The minimum atomic E-state index is -4.69. The number of nitrogens with one attached hydrogen (secondary N) is 2. The fourth-order valence-electron chi connectivity index (χ4n) is 5.86. The molecule has 1 atom stereocenters. The smallest absolute Gasteiger partial charge is 0.356 e. The molecule has 6 rings (SSSR count). The molecule has 4 heterocycles. The molecule has 242 valence electrons. The van der Waals surface area contributed by atoms with Crippen molar-refractivity contribution in [2.24, 2.45) is 0 Å². The summed E-state index contributed by atoms with van der Waals surface area (Å²) in [4.78, 5) is 28.7. The maximum Gasteiger partial charge on any atom is 0.417 e. The summed E-state index contributed by atoms with van der Waals surface area (Å²) in [5.41, 5.74) is 3.93. The third-order valence-electron chi connectivity index (χ3n) is 8.38. The van der Waals surface area contributed by atoms with Crippen molar-refractivity contribution < 1.29 is 22.5 Å². The van der Waals surface area contributed by atoms with Crippen LogP contribution in [0.15, 0.2) is 77.8 Å². The van der Waals surface area contributed by atoms with Gasteiger partial charge in [-0.3, -0.25) is 9.78 Å². The maximum atomic E-state index is 14.3. The van der Waals surface area contributed by atoms with E-state index in [1.165, 1.54) is 6.07 Å². The van der Waals surface area contributed by atoms with Gasteiger partial charge in [0.15, 0.2) is 5.76 Å². The highest BCUT2D eigenvalue weighted by Gasteiger charge is 2.36. The molecule has 1 aliphatic heterocycles. The summed E-state index contributed by atoms with van der Waals surface area (Å²) in [6.45, 7) is 5.35. The van der Waals surface area contributed by atoms with Gasteiger partial charge in [-0.25, -0.2) is 9.97 Å². The SMILES string of the molecule is Cc1ccc(NC(=O)c2ccc(C3CCCCN(C)C3)cc2C(F)(F)F)cc1Nc1nccc(-c2cncc(-c3oncc3C)c2)n1. The number of aryl methyl sites for hydroxylation is 2. The lowest BCUT2D eigenvalue weighted by Crippen LogP contribution is -2.24. The standard InChI is InChI=1S/C35H34F3N7O2/c1-21-7-9-27(42-33(46)28-10-8-23(15-29(28)35(36,37)38)24-6-4-5-13-45(3)20-24)16-31(21)44-34-40-12-11-30(43-34)25-14-26(19-39-18-25)32-22(2)17-41-47-32/h7-12,14-19,24H,4-6,13,20H2,1-3H3,(H,42,46)(H,40,43,44). The molecule has 12 heteroatoms. The van der Waals surface area contributed by atoms with E-state index in [4.69, 9.17) is 4.52 Å². The Kier molecular flexibility index (Phi) is 9.04. The van der Waals surface area contributed by atoms with E-state index in [-0.39, 0.29) is 11.9 Å². The molecule has 0 spiro atoms. The molecule has 0 aliphatic carbocycles. The fourth-order valence-corrected chi connectivity index (χ4v) is 5.86. The number of anilines is 3. The van der Waals surface area contributed by atoms with E-state index in [0.29, 0.717) is 34.9 Å². The Morgan fingerprint density at radius 1 is 0.979 bits per heavy atom. The van der Waals surface area contributed by atoms with Gasteiger partial charge in [0.1, 0.15) is 0 Å². The minimum absolute atomic E-state index is 0.0233. The molecule has 9 nitrogen and oxygen atoms in total. The minimum Gasteiger partial charge on any atom is -0.356 e. The number of nitrogens with zero attached hydrogens (tertiary/aromatic N) is 5. The molecule has 1 amide bonds. The van der Waals surface area contributed by atoms with Crippen molar-refractivity contribution in [3.8, 4) is 22.6 Å². The van der Waals surface area contributed by atoms with Crippen molar-refractivity contribution in [2.45, 2.75) is 45.2 Å². The molecular weight excluding hydrogens is 607 g/mol. The molecule has 2 aromatic carbocycles. The van der Waals surface area contributed by atoms with Gasteiger partial charge in [0.2, 0.25) is 5.95 Å². The lowest BCUT2D eigenvalue weighted by molar-refractivity contribution is -0.138. The van der Waals surface area contributed by atoms with Crippen molar-refractivity contribution in [3.05, 3.63) is 101 Å². The molecule has 1 fully saturated rings. The number of rotatable bonds is 7. The van der Waals surface area contributed by atoms with Crippen molar-refractivity contribution in [1.29, 1.82) is 0 Å². The number of pyridine rings is 1. The number of aromatic nitrogens is 4. The second-order valence-corrected chi connectivity index (χ2v) is 11.9. The lowest BCUT2D eigenvalue weighted by atomic mass is 9.91. The summed E-state index contributed by atoms with van der Waals surface area (Å²) in [7, 11) is 1.98. The van der Waals surface area contributed by atoms with E-state index < -0.39 is 23.2 Å². The monoisotopic (exact) mass is 641 g/mol. The number of hydrogen-bond donors (Lipinski definition) is 2. The van der Waals surface area contributed by atoms with E-state index in [9.17, 15) is 18.0 Å². The van der Waals surface area contributed by atoms with Crippen LogP contribution >= 0.6 is 0 Å². The number of likely N-dealkylation sites (tertiary alicyclic amines) is 1. The third-order valence-corrected chi connectivity index (χ3v) is 8.38. The zero-order chi connectivity index (χ0) is 33.1. The molecule has 3 aromatic heterocycles. The first-order chi connectivity index (χ1) is 22.5. The molecule has 0 radical (unpaired) electrons. The van der Waals surface area contributed by atoms with Crippen LogP contribution in [0.2, 0.25) is 0 Å². The van der Waals surface area contributed by atoms with Crippen LogP contribution in [-0.2, 0) is 6.18 Å². The van der Waals surface area contributed by atoms with E-state index in [0.717, 1.165) is 54.1 Å². The Bertz CT molecular complexity index is 1910. The number of halogens is 3. The quantitative estimate of drug-likeness (QED) is 0.184. The highest BCUT2D eigenvalue weighted by Crippen LogP contribution is 2.36. The van der Waals surface area contributed by atoms with E-state index >= 15 is 0 Å². The lowest BCUT2D eigenvalue weighted by Gasteiger charge is -2.22. The van der Waals surface area contributed by atoms with Gasteiger partial charge in [0.25, 0.3) is 5.91 Å². The van der Waals surface area contributed by atoms with Gasteiger partial charge in [-0.2, -0.15) is 13.2 Å². The van der Waals surface area contributed by atoms with Crippen LogP contribution in [0.3, 0.4) is 0 Å². The Morgan fingerprint density at radius 2 is 1.81 bits per heavy atom. The summed E-state index contributed by atoms with van der Waals surface area (Å²) in [5, 5.41) is 9.66. The summed E-state index contributed by atoms with van der Waals surface area (Å²) in [6.07, 6.45) is 4.69. The zero-order valence-corrected chi connectivity index (χ0v) is 26.2. The number of likely N-dealkylation sites (N-methyl/N-ethyl adjacent to an activating group) is 1. The number of hydrogen-bond acceptors (Lipinski definition) is 8. The Morgan fingerprint density at radius 3 is 2.60 bits per heavy atom. The van der Waals surface area contributed by atoms with Gasteiger partial charge in [0, 0.05) is 53.2 Å². The second kappa shape index (κ2) is 13.3. The predicted molar refractivity (Wildman–Crippen MR) is 173 cm³/mol. The van der Waals surface area contributed by atoms with Gasteiger partial charge < -0.3 is 20.1 Å². The van der Waals surface area contributed by atoms with E-state index in [1.807, 2.05) is 27.0 Å². The van der Waals surface area contributed by atoms with Crippen molar-refractivity contribution >= 4 is 23.2 Å². The average Bonchev–Trinajstić information content (AvgIpc) is 3.37. The van der Waals surface area contributed by atoms with Gasteiger partial charge in [-0.05, 0) is 93.7 Å². The van der Waals surface area contributed by atoms with Crippen molar-refractivity contribution in [1.82, 2.24) is 25.0 Å². The molecule has 0 bridgehead atoms. The first kappa shape index (κ1) is 31.9. The molecule has 47 heavy (non-hydrogen) atoms. The second-order valence-electron chi connectivity index (χ2n) is 11.9. The van der Waals surface area contributed by atoms with Crippen LogP contribution in [0.1, 0.15) is 57.8 Å². The normalized spacial score (nSPS) is 15.7. The number of carbonyl (C=O) groups is 1. The Balaban J connectivity index is 1.22. The molecule has 0 saturated carbocycles. The number of alkyl halides is 3. The largest absolute Gasteiger partial charge is 0.417 e. The fraction of sp³-hybridized carbons (Fsp3) is 0.286. The number of benzene rings is 2. The Labute approximate surface area is 270 Å². The summed E-state index contributed by atoms with van der Waals surface area (Å²) < 4.78 is 48.1. The molecule has 5 aromatic rings. The maximum absolute atomic E-state index is 14.3. The number of carbonyl (C=O) groups excluding carboxylic acids is 1. The van der Waals surface area contributed by atoms with Crippen LogP contribution in [0.25, 0.3) is 22.6 Å². The molecule has 1 unspecified atom stereocenters. The molecule has 1 aliphatic rings. The van der Waals surface area contributed by atoms with Crippen LogP contribution in [-0.4, -0.2) is 51.1 Å². The van der Waals surface area contributed by atoms with Gasteiger partial charge in [-0.15, -0.1) is 0 Å². The summed E-state index contributed by atoms with van der Waals surface area (Å²) >= 11 is 0. The van der Waals surface area contributed by atoms with Gasteiger partial charge in [-0.1, -0.05) is 23.7 Å². The first-order valence-electron chi connectivity index (χ1n) is 15.3. The predicted octanol–water partition coefficient (Wildman–Crippen LogP) is 8.02. The summed E-state index contributed by atoms with van der Waals surface area (Å²) in [5.74, 6) is 0.0376. The van der Waals surface area contributed by atoms with Crippen LogP contribution in [0.5, 0.6) is 0 Å². The molecule has 1 saturated heterocycles. The van der Waals surface area contributed by atoms with Crippen LogP contribution in [0.4, 0.5) is 30.5 Å². The highest BCUT2D eigenvalue weighted by molar-refractivity contribution is 6.05. The zero-order valence-electron chi connectivity index (χ0n) is 26.2. The van der Waals surface area contributed by atoms with Crippen molar-refractivity contribution in [2.75, 3.05) is 30.8 Å². The molecule has 2 N–H and O–H groups in total. The average molecular weight is 642 g/mol. The van der Waals surface area contributed by atoms with E-state index in [1.54, 1.807) is 55.1 Å².